The average Bonchev–Trinajstić information content (AvgIpc) is 2.19. The summed E-state index contributed by atoms with van der Waals surface area (Å²) in [5.74, 6) is -1.61. The molecule has 0 heterocycles. The van der Waals surface area contributed by atoms with Gasteiger partial charge in [0.2, 0.25) is 0 Å². The molecule has 0 fully saturated rings. The van der Waals surface area contributed by atoms with Crippen molar-refractivity contribution in [2.75, 3.05) is 7.05 Å². The lowest BCUT2D eigenvalue weighted by Gasteiger charge is -2.16. The van der Waals surface area contributed by atoms with Gasteiger partial charge >= 0.3 is 0 Å². The van der Waals surface area contributed by atoms with Crippen LogP contribution in [0.5, 0.6) is 0 Å². The fourth-order valence-corrected chi connectivity index (χ4v) is 1.43. The SMILES string of the molecule is C=C(C)C(Cc1ccc(F)c(F)c1)NC. The maximum absolute atomic E-state index is 12.9. The van der Waals surface area contributed by atoms with Gasteiger partial charge in [0.05, 0.1) is 0 Å². The Balaban J connectivity index is 2.80. The Morgan fingerprint density at radius 1 is 1.40 bits per heavy atom. The van der Waals surface area contributed by atoms with Crippen LogP contribution in [0.2, 0.25) is 0 Å². The van der Waals surface area contributed by atoms with Gasteiger partial charge in [0.15, 0.2) is 11.6 Å². The maximum Gasteiger partial charge on any atom is 0.159 e. The van der Waals surface area contributed by atoms with Gasteiger partial charge in [0.1, 0.15) is 0 Å². The van der Waals surface area contributed by atoms with Crippen molar-refractivity contribution in [1.82, 2.24) is 5.32 Å². The summed E-state index contributed by atoms with van der Waals surface area (Å²) >= 11 is 0. The number of benzene rings is 1. The molecule has 1 aromatic carbocycles. The van der Waals surface area contributed by atoms with E-state index in [0.29, 0.717) is 6.42 Å². The van der Waals surface area contributed by atoms with Crippen LogP contribution in [0.4, 0.5) is 8.78 Å². The molecule has 0 aliphatic heterocycles. The van der Waals surface area contributed by atoms with Crippen LogP contribution in [0.1, 0.15) is 12.5 Å². The van der Waals surface area contributed by atoms with Crippen molar-refractivity contribution in [3.63, 3.8) is 0 Å². The normalized spacial score (nSPS) is 12.5. The zero-order valence-electron chi connectivity index (χ0n) is 8.98. The van der Waals surface area contributed by atoms with E-state index in [1.165, 1.54) is 6.07 Å². The summed E-state index contributed by atoms with van der Waals surface area (Å²) in [5.41, 5.74) is 1.73. The Kier molecular flexibility index (Phi) is 3.97. The highest BCUT2D eigenvalue weighted by atomic mass is 19.2. The minimum Gasteiger partial charge on any atom is -0.313 e. The monoisotopic (exact) mass is 211 g/mol. The number of halogens is 2. The molecule has 3 heteroatoms. The molecular weight excluding hydrogens is 196 g/mol. The highest BCUT2D eigenvalue weighted by Gasteiger charge is 2.09. The van der Waals surface area contributed by atoms with Crippen LogP contribution >= 0.6 is 0 Å². The van der Waals surface area contributed by atoms with Gasteiger partial charge in [0, 0.05) is 6.04 Å². The van der Waals surface area contributed by atoms with E-state index in [0.717, 1.165) is 17.2 Å². The van der Waals surface area contributed by atoms with Crippen molar-refractivity contribution in [2.45, 2.75) is 19.4 Å². The molecule has 0 spiro atoms. The molecule has 1 N–H and O–H groups in total. The van der Waals surface area contributed by atoms with Crippen LogP contribution in [0.25, 0.3) is 0 Å². The largest absolute Gasteiger partial charge is 0.313 e. The van der Waals surface area contributed by atoms with Crippen molar-refractivity contribution >= 4 is 0 Å². The van der Waals surface area contributed by atoms with E-state index in [-0.39, 0.29) is 6.04 Å². The van der Waals surface area contributed by atoms with Crippen molar-refractivity contribution in [2.24, 2.45) is 0 Å². The molecule has 1 nitrogen and oxygen atoms in total. The van der Waals surface area contributed by atoms with Crippen LogP contribution in [0, 0.1) is 11.6 Å². The van der Waals surface area contributed by atoms with Crippen molar-refractivity contribution < 1.29 is 8.78 Å². The molecule has 0 amide bonds. The first-order chi connectivity index (χ1) is 7.04. The molecule has 0 saturated heterocycles. The third-order valence-corrected chi connectivity index (χ3v) is 2.37. The summed E-state index contributed by atoms with van der Waals surface area (Å²) in [5, 5.41) is 3.07. The van der Waals surface area contributed by atoms with Crippen LogP contribution in [-0.2, 0) is 6.42 Å². The summed E-state index contributed by atoms with van der Waals surface area (Å²) in [6, 6.07) is 4.05. The molecule has 0 saturated carbocycles. The fraction of sp³-hybridized carbons (Fsp3) is 0.333. The van der Waals surface area contributed by atoms with Gasteiger partial charge in [0.25, 0.3) is 0 Å². The van der Waals surface area contributed by atoms with Crippen molar-refractivity contribution in [3.05, 3.63) is 47.5 Å². The second-order valence-corrected chi connectivity index (χ2v) is 3.64. The Labute approximate surface area is 88.8 Å². The molecule has 1 atom stereocenters. The van der Waals surface area contributed by atoms with Gasteiger partial charge in [-0.1, -0.05) is 18.2 Å². The van der Waals surface area contributed by atoms with Crippen molar-refractivity contribution in [1.29, 1.82) is 0 Å². The molecule has 0 aromatic heterocycles. The third kappa shape index (κ3) is 3.13. The van der Waals surface area contributed by atoms with Crippen LogP contribution < -0.4 is 5.32 Å². The summed E-state index contributed by atoms with van der Waals surface area (Å²) < 4.78 is 25.6. The predicted octanol–water partition coefficient (Wildman–Crippen LogP) is 2.67. The van der Waals surface area contributed by atoms with Crippen LogP contribution in [0.3, 0.4) is 0 Å². The number of hydrogen-bond donors (Lipinski definition) is 1. The van der Waals surface area contributed by atoms with E-state index in [1.54, 1.807) is 6.07 Å². The van der Waals surface area contributed by atoms with Crippen molar-refractivity contribution in [3.8, 4) is 0 Å². The lowest BCUT2D eigenvalue weighted by atomic mass is 10.0. The number of nitrogens with one attached hydrogen (secondary N) is 1. The van der Waals surface area contributed by atoms with Crippen LogP contribution in [0.15, 0.2) is 30.4 Å². The molecule has 1 rings (SSSR count). The van der Waals surface area contributed by atoms with Gasteiger partial charge < -0.3 is 5.32 Å². The number of rotatable bonds is 4. The molecule has 82 valence electrons. The summed E-state index contributed by atoms with van der Waals surface area (Å²) in [7, 11) is 1.82. The molecule has 0 aliphatic rings. The lowest BCUT2D eigenvalue weighted by Crippen LogP contribution is -2.28. The fourth-order valence-electron chi connectivity index (χ4n) is 1.43. The van der Waals surface area contributed by atoms with E-state index in [4.69, 9.17) is 0 Å². The molecule has 0 aliphatic carbocycles. The topological polar surface area (TPSA) is 12.0 Å². The minimum atomic E-state index is -0.810. The predicted molar refractivity (Wildman–Crippen MR) is 57.7 cm³/mol. The smallest absolute Gasteiger partial charge is 0.159 e. The van der Waals surface area contributed by atoms with E-state index >= 15 is 0 Å². The molecule has 1 unspecified atom stereocenters. The van der Waals surface area contributed by atoms with E-state index in [1.807, 2.05) is 14.0 Å². The van der Waals surface area contributed by atoms with E-state index in [9.17, 15) is 8.78 Å². The standard InChI is InChI=1S/C12H15F2N/c1-8(2)12(15-3)7-9-4-5-10(13)11(14)6-9/h4-6,12,15H,1,7H2,2-3H3. The maximum atomic E-state index is 12.9. The van der Waals surface area contributed by atoms with Gasteiger partial charge in [-0.25, -0.2) is 8.78 Å². The van der Waals surface area contributed by atoms with E-state index < -0.39 is 11.6 Å². The summed E-state index contributed by atoms with van der Waals surface area (Å²) in [6.45, 7) is 5.74. The second-order valence-electron chi connectivity index (χ2n) is 3.64. The Morgan fingerprint density at radius 3 is 2.53 bits per heavy atom. The molecule has 0 radical (unpaired) electrons. The zero-order valence-corrected chi connectivity index (χ0v) is 8.98. The second kappa shape index (κ2) is 5.03. The lowest BCUT2D eigenvalue weighted by molar-refractivity contribution is 0.505. The molecular formula is C12H15F2N. The number of likely N-dealkylation sites (N-methyl/N-ethyl adjacent to an activating group) is 1. The highest BCUT2D eigenvalue weighted by molar-refractivity contribution is 5.21. The van der Waals surface area contributed by atoms with Gasteiger partial charge in [-0.3, -0.25) is 0 Å². The molecule has 1 aromatic rings. The highest BCUT2D eigenvalue weighted by Crippen LogP contribution is 2.12. The quantitative estimate of drug-likeness (QED) is 0.755. The average molecular weight is 211 g/mol. The zero-order chi connectivity index (χ0) is 11.4. The summed E-state index contributed by atoms with van der Waals surface area (Å²) in [4.78, 5) is 0. The molecule has 15 heavy (non-hydrogen) atoms. The first-order valence-electron chi connectivity index (χ1n) is 4.81. The van der Waals surface area contributed by atoms with Gasteiger partial charge in [-0.05, 0) is 38.1 Å². The molecule has 0 bridgehead atoms. The van der Waals surface area contributed by atoms with Gasteiger partial charge in [-0.2, -0.15) is 0 Å². The summed E-state index contributed by atoms with van der Waals surface area (Å²) in [6.07, 6.45) is 0.614. The first kappa shape index (κ1) is 11.9. The minimum absolute atomic E-state index is 0.0925. The Morgan fingerprint density at radius 2 is 2.07 bits per heavy atom. The third-order valence-electron chi connectivity index (χ3n) is 2.37. The van der Waals surface area contributed by atoms with Crippen LogP contribution in [-0.4, -0.2) is 13.1 Å². The first-order valence-corrected chi connectivity index (χ1v) is 4.81. The Bertz CT molecular complexity index is 361. The number of hydrogen-bond acceptors (Lipinski definition) is 1. The van der Waals surface area contributed by atoms with E-state index in [2.05, 4.69) is 11.9 Å². The Hall–Kier alpha value is -1.22. The van der Waals surface area contributed by atoms with Gasteiger partial charge in [-0.15, -0.1) is 0 Å².